The number of benzene rings is 1. The lowest BCUT2D eigenvalue weighted by Crippen LogP contribution is -2.49. The number of hydrogen-bond acceptors (Lipinski definition) is 4. The van der Waals surface area contributed by atoms with Gasteiger partial charge in [-0.05, 0) is 17.7 Å². The van der Waals surface area contributed by atoms with Gasteiger partial charge in [0, 0.05) is 58.1 Å². The van der Waals surface area contributed by atoms with Gasteiger partial charge in [0.1, 0.15) is 11.9 Å². The maximum absolute atomic E-state index is 13.0. The summed E-state index contributed by atoms with van der Waals surface area (Å²) >= 11 is 0. The fraction of sp³-hybridized carbons (Fsp3) is 0.389. The lowest BCUT2D eigenvalue weighted by atomic mass is 10.1. The monoisotopic (exact) mass is 377 g/mol. The van der Waals surface area contributed by atoms with Crippen LogP contribution in [0, 0.1) is 0 Å². The third kappa shape index (κ3) is 4.42. The summed E-state index contributed by atoms with van der Waals surface area (Å²) < 4.78 is 1.95. The van der Waals surface area contributed by atoms with Gasteiger partial charge in [0.05, 0.1) is 0 Å². The maximum atomic E-state index is 13.0. The van der Waals surface area contributed by atoms with E-state index in [4.69, 9.17) is 0 Å². The molecule has 1 unspecified atom stereocenters. The molecule has 140 valence electrons. The second kappa shape index (κ2) is 8.82. The molecule has 0 spiro atoms. The van der Waals surface area contributed by atoms with Crippen LogP contribution >= 0.6 is 12.4 Å². The molecule has 2 amide bonds. The number of aryl methyl sites for hydroxylation is 1. The summed E-state index contributed by atoms with van der Waals surface area (Å²) in [7, 11) is 1.94. The van der Waals surface area contributed by atoms with Crippen LogP contribution in [0.2, 0.25) is 0 Å². The molecule has 1 saturated heterocycles. The molecule has 26 heavy (non-hydrogen) atoms. The zero-order chi connectivity index (χ0) is 17.8. The number of halogens is 1. The molecular formula is C18H24ClN5O2. The van der Waals surface area contributed by atoms with Crippen LogP contribution in [-0.2, 0) is 18.4 Å². The second-order valence-electron chi connectivity index (χ2n) is 6.22. The second-order valence-corrected chi connectivity index (χ2v) is 6.22. The summed E-state index contributed by atoms with van der Waals surface area (Å²) in [5.74, 6) is 0.808. The zero-order valence-corrected chi connectivity index (χ0v) is 15.8. The molecule has 0 aliphatic carbocycles. The first-order valence-corrected chi connectivity index (χ1v) is 8.38. The van der Waals surface area contributed by atoms with Gasteiger partial charge in [-0.1, -0.05) is 12.1 Å². The normalized spacial score (nSPS) is 16.7. The fourth-order valence-electron chi connectivity index (χ4n) is 3.03. The quantitative estimate of drug-likeness (QED) is 0.840. The van der Waals surface area contributed by atoms with Crippen molar-refractivity contribution in [1.29, 1.82) is 0 Å². The van der Waals surface area contributed by atoms with Crippen LogP contribution in [0.1, 0.15) is 34.7 Å². The van der Waals surface area contributed by atoms with Gasteiger partial charge < -0.3 is 20.1 Å². The summed E-state index contributed by atoms with van der Waals surface area (Å²) in [4.78, 5) is 30.3. The molecule has 7 nitrogen and oxygen atoms in total. The number of nitrogens with one attached hydrogen (secondary N) is 2. The number of hydrogen-bond donors (Lipinski definition) is 2. The van der Waals surface area contributed by atoms with Crippen LogP contribution in [0.25, 0.3) is 0 Å². The van der Waals surface area contributed by atoms with Crippen LogP contribution in [0.4, 0.5) is 0 Å². The number of nitrogens with zero attached hydrogens (tertiary/aromatic N) is 3. The van der Waals surface area contributed by atoms with Crippen molar-refractivity contribution in [3.8, 4) is 0 Å². The van der Waals surface area contributed by atoms with Gasteiger partial charge in [0.15, 0.2) is 0 Å². The molecule has 3 rings (SSSR count). The van der Waals surface area contributed by atoms with E-state index < -0.39 is 0 Å². The van der Waals surface area contributed by atoms with Gasteiger partial charge in [0.2, 0.25) is 5.91 Å². The van der Waals surface area contributed by atoms with E-state index in [1.807, 2.05) is 47.0 Å². The van der Waals surface area contributed by atoms with Gasteiger partial charge in [0.25, 0.3) is 5.91 Å². The topological polar surface area (TPSA) is 79.3 Å². The van der Waals surface area contributed by atoms with Crippen molar-refractivity contribution >= 4 is 24.2 Å². The summed E-state index contributed by atoms with van der Waals surface area (Å²) in [5, 5.41) is 6.09. The number of carbonyl (C=O) groups is 2. The smallest absolute Gasteiger partial charge is 0.254 e. The van der Waals surface area contributed by atoms with E-state index in [0.29, 0.717) is 25.2 Å². The SMILES string of the molecule is CC(=O)NCc1ccc(C(=O)N2CCNCC2c2nccn2C)cc1.Cl. The molecule has 1 aromatic heterocycles. The molecular weight excluding hydrogens is 354 g/mol. The average Bonchev–Trinajstić information content (AvgIpc) is 3.05. The number of imidazole rings is 1. The Hall–Kier alpha value is -2.38. The average molecular weight is 378 g/mol. The van der Waals surface area contributed by atoms with E-state index in [2.05, 4.69) is 15.6 Å². The minimum atomic E-state index is -0.0830. The largest absolute Gasteiger partial charge is 0.352 e. The highest BCUT2D eigenvalue weighted by Gasteiger charge is 2.30. The van der Waals surface area contributed by atoms with E-state index in [1.54, 1.807) is 6.20 Å². The highest BCUT2D eigenvalue weighted by atomic mass is 35.5. The highest BCUT2D eigenvalue weighted by Crippen LogP contribution is 2.22. The van der Waals surface area contributed by atoms with Crippen LogP contribution in [0.5, 0.6) is 0 Å². The molecule has 8 heteroatoms. The Morgan fingerprint density at radius 2 is 2.04 bits per heavy atom. The molecule has 2 heterocycles. The Morgan fingerprint density at radius 3 is 2.65 bits per heavy atom. The minimum absolute atomic E-state index is 0. The Kier molecular flexibility index (Phi) is 6.76. The molecule has 2 aromatic rings. The summed E-state index contributed by atoms with van der Waals surface area (Å²) in [5.41, 5.74) is 1.61. The first-order chi connectivity index (χ1) is 12.1. The van der Waals surface area contributed by atoms with E-state index in [9.17, 15) is 9.59 Å². The summed E-state index contributed by atoms with van der Waals surface area (Å²) in [6, 6.07) is 7.30. The van der Waals surface area contributed by atoms with Gasteiger partial charge in [-0.25, -0.2) is 4.98 Å². The lowest BCUT2D eigenvalue weighted by Gasteiger charge is -2.35. The Bertz CT molecular complexity index is 759. The molecule has 1 aliphatic rings. The zero-order valence-electron chi connectivity index (χ0n) is 14.9. The van der Waals surface area contributed by atoms with Crippen LogP contribution in [0.3, 0.4) is 0 Å². The number of piperazine rings is 1. The van der Waals surface area contributed by atoms with Gasteiger partial charge in [-0.15, -0.1) is 12.4 Å². The van der Waals surface area contributed by atoms with Crippen molar-refractivity contribution in [3.05, 3.63) is 53.6 Å². The van der Waals surface area contributed by atoms with Crippen molar-refractivity contribution in [1.82, 2.24) is 25.1 Å². The van der Waals surface area contributed by atoms with E-state index in [-0.39, 0.29) is 30.3 Å². The molecule has 0 bridgehead atoms. The number of aromatic nitrogens is 2. The van der Waals surface area contributed by atoms with Crippen LogP contribution in [-0.4, -0.2) is 45.9 Å². The molecule has 1 fully saturated rings. The van der Waals surface area contributed by atoms with E-state index in [0.717, 1.165) is 17.9 Å². The standard InChI is InChI=1S/C18H23N5O2.ClH/c1-13(24)21-11-14-3-5-15(6-4-14)18(25)23-10-7-19-12-16(23)17-20-8-9-22(17)2;/h3-6,8-9,16,19H,7,10-12H2,1-2H3,(H,21,24);1H. The Morgan fingerprint density at radius 1 is 1.31 bits per heavy atom. The first-order valence-electron chi connectivity index (χ1n) is 8.38. The predicted molar refractivity (Wildman–Crippen MR) is 101 cm³/mol. The van der Waals surface area contributed by atoms with Crippen molar-refractivity contribution in [2.24, 2.45) is 7.05 Å². The third-order valence-corrected chi connectivity index (χ3v) is 4.40. The third-order valence-electron chi connectivity index (χ3n) is 4.40. The van der Waals surface area contributed by atoms with Crippen molar-refractivity contribution in [2.75, 3.05) is 19.6 Å². The number of carbonyl (C=O) groups excluding carboxylic acids is 2. The molecule has 1 aliphatic heterocycles. The fourth-order valence-corrected chi connectivity index (χ4v) is 3.03. The Labute approximate surface area is 159 Å². The Balaban J connectivity index is 0.00000243. The van der Waals surface area contributed by atoms with E-state index >= 15 is 0 Å². The van der Waals surface area contributed by atoms with Crippen molar-refractivity contribution in [3.63, 3.8) is 0 Å². The van der Waals surface area contributed by atoms with Crippen LogP contribution in [0.15, 0.2) is 36.7 Å². The van der Waals surface area contributed by atoms with Crippen LogP contribution < -0.4 is 10.6 Å². The van der Waals surface area contributed by atoms with E-state index in [1.165, 1.54) is 6.92 Å². The number of amides is 2. The number of rotatable bonds is 4. The molecule has 1 atom stereocenters. The minimum Gasteiger partial charge on any atom is -0.352 e. The van der Waals surface area contributed by atoms with Crippen molar-refractivity contribution < 1.29 is 9.59 Å². The molecule has 2 N–H and O–H groups in total. The molecule has 1 aromatic carbocycles. The molecule has 0 radical (unpaired) electrons. The molecule has 0 saturated carbocycles. The summed E-state index contributed by atoms with van der Waals surface area (Å²) in [6.07, 6.45) is 3.65. The van der Waals surface area contributed by atoms with Gasteiger partial charge in [-0.3, -0.25) is 9.59 Å². The highest BCUT2D eigenvalue weighted by molar-refractivity contribution is 5.94. The first kappa shape index (κ1) is 19.9. The van der Waals surface area contributed by atoms with Crippen molar-refractivity contribution in [2.45, 2.75) is 19.5 Å². The maximum Gasteiger partial charge on any atom is 0.254 e. The van der Waals surface area contributed by atoms with Gasteiger partial charge >= 0.3 is 0 Å². The lowest BCUT2D eigenvalue weighted by molar-refractivity contribution is -0.119. The van der Waals surface area contributed by atoms with Gasteiger partial charge in [-0.2, -0.15) is 0 Å². The predicted octanol–water partition coefficient (Wildman–Crippen LogP) is 1.26. The summed E-state index contributed by atoms with van der Waals surface area (Å²) in [6.45, 7) is 4.06.